The fraction of sp³-hybridized carbons (Fsp3) is 0.333. The molecule has 0 amide bonds. The zero-order chi connectivity index (χ0) is 11.0. The number of aromatic nitrogens is 5. The molecule has 0 atom stereocenters. The zero-order valence-electron chi connectivity index (χ0n) is 8.41. The maximum atomic E-state index is 5.83. The number of fused-ring (bicyclic) bond motifs is 1. The van der Waals surface area contributed by atoms with Crippen molar-refractivity contribution in [2.45, 2.75) is 13.1 Å². The molecule has 0 aromatic carbocycles. The molecule has 0 spiro atoms. The van der Waals surface area contributed by atoms with E-state index >= 15 is 0 Å². The van der Waals surface area contributed by atoms with Crippen molar-refractivity contribution in [3.63, 3.8) is 0 Å². The van der Waals surface area contributed by atoms with Crippen LogP contribution in [-0.4, -0.2) is 31.3 Å². The standard InChI is InChI=1S/C9H9ClN6/c10-7-3-8(12-5-11-7)15-1-2-16-6-13-14-9(16)4-15/h3,5-6H,1-2,4H2. The fourth-order valence-corrected chi connectivity index (χ4v) is 1.90. The van der Waals surface area contributed by atoms with Gasteiger partial charge in [0.2, 0.25) is 0 Å². The van der Waals surface area contributed by atoms with Gasteiger partial charge in [-0.2, -0.15) is 0 Å². The van der Waals surface area contributed by atoms with Crippen LogP contribution in [0.1, 0.15) is 5.82 Å². The van der Waals surface area contributed by atoms with Crippen LogP contribution >= 0.6 is 11.6 Å². The van der Waals surface area contributed by atoms with Crippen LogP contribution in [0, 0.1) is 0 Å². The Labute approximate surface area is 96.9 Å². The number of nitrogens with zero attached hydrogens (tertiary/aromatic N) is 6. The molecule has 2 aromatic heterocycles. The summed E-state index contributed by atoms with van der Waals surface area (Å²) in [5.41, 5.74) is 0. The van der Waals surface area contributed by atoms with Crippen molar-refractivity contribution in [2.75, 3.05) is 11.4 Å². The quantitative estimate of drug-likeness (QED) is 0.684. The highest BCUT2D eigenvalue weighted by molar-refractivity contribution is 6.29. The molecule has 0 bridgehead atoms. The van der Waals surface area contributed by atoms with Crippen molar-refractivity contribution in [1.82, 2.24) is 24.7 Å². The third kappa shape index (κ3) is 1.61. The Balaban J connectivity index is 1.88. The molecule has 16 heavy (non-hydrogen) atoms. The van der Waals surface area contributed by atoms with E-state index in [9.17, 15) is 0 Å². The molecule has 0 saturated heterocycles. The lowest BCUT2D eigenvalue weighted by molar-refractivity contribution is 0.556. The topological polar surface area (TPSA) is 59.7 Å². The van der Waals surface area contributed by atoms with Crippen molar-refractivity contribution < 1.29 is 0 Å². The lowest BCUT2D eigenvalue weighted by Gasteiger charge is -2.27. The van der Waals surface area contributed by atoms with Crippen LogP contribution in [0.4, 0.5) is 5.82 Å². The lowest BCUT2D eigenvalue weighted by atomic mass is 10.3. The third-order valence-corrected chi connectivity index (χ3v) is 2.79. The molecule has 0 N–H and O–H groups in total. The Morgan fingerprint density at radius 2 is 2.19 bits per heavy atom. The fourth-order valence-electron chi connectivity index (χ4n) is 1.76. The van der Waals surface area contributed by atoms with E-state index in [1.54, 1.807) is 12.4 Å². The highest BCUT2D eigenvalue weighted by atomic mass is 35.5. The maximum absolute atomic E-state index is 5.83. The minimum atomic E-state index is 0.456. The number of rotatable bonds is 1. The van der Waals surface area contributed by atoms with E-state index < -0.39 is 0 Å². The lowest BCUT2D eigenvalue weighted by Crippen LogP contribution is -2.34. The van der Waals surface area contributed by atoms with Crippen LogP contribution in [0.15, 0.2) is 18.7 Å². The summed E-state index contributed by atoms with van der Waals surface area (Å²) in [7, 11) is 0. The summed E-state index contributed by atoms with van der Waals surface area (Å²) in [6.45, 7) is 2.44. The van der Waals surface area contributed by atoms with Crippen LogP contribution in [0.5, 0.6) is 0 Å². The second kappa shape index (κ2) is 3.71. The van der Waals surface area contributed by atoms with Gasteiger partial charge in [-0.3, -0.25) is 0 Å². The number of hydrogen-bond donors (Lipinski definition) is 0. The summed E-state index contributed by atoms with van der Waals surface area (Å²) in [5.74, 6) is 1.77. The van der Waals surface area contributed by atoms with Gasteiger partial charge in [0.05, 0.1) is 6.54 Å². The first-order valence-electron chi connectivity index (χ1n) is 4.92. The van der Waals surface area contributed by atoms with Crippen LogP contribution in [0.25, 0.3) is 0 Å². The molecule has 82 valence electrons. The highest BCUT2D eigenvalue weighted by Gasteiger charge is 2.18. The molecular weight excluding hydrogens is 228 g/mol. The van der Waals surface area contributed by atoms with Gasteiger partial charge in [-0.1, -0.05) is 11.6 Å². The van der Waals surface area contributed by atoms with Gasteiger partial charge in [0.1, 0.15) is 23.6 Å². The summed E-state index contributed by atoms with van der Waals surface area (Å²) in [5, 5.41) is 8.38. The van der Waals surface area contributed by atoms with E-state index in [0.29, 0.717) is 11.7 Å². The van der Waals surface area contributed by atoms with Crippen LogP contribution < -0.4 is 4.90 Å². The average molecular weight is 237 g/mol. The molecule has 1 aliphatic heterocycles. The Hall–Kier alpha value is -1.69. The van der Waals surface area contributed by atoms with E-state index in [4.69, 9.17) is 11.6 Å². The molecule has 0 radical (unpaired) electrons. The first kappa shape index (κ1) is 9.53. The Morgan fingerprint density at radius 1 is 1.25 bits per heavy atom. The van der Waals surface area contributed by atoms with Crippen molar-refractivity contribution in [2.24, 2.45) is 0 Å². The molecule has 0 saturated carbocycles. The summed E-state index contributed by atoms with van der Waals surface area (Å²) in [6.07, 6.45) is 3.22. The smallest absolute Gasteiger partial charge is 0.152 e. The molecule has 3 heterocycles. The second-order valence-corrected chi connectivity index (χ2v) is 3.95. The van der Waals surface area contributed by atoms with Gasteiger partial charge in [0.15, 0.2) is 5.82 Å². The normalized spacial score (nSPS) is 14.9. The molecule has 6 nitrogen and oxygen atoms in total. The molecule has 3 rings (SSSR count). The minimum absolute atomic E-state index is 0.456. The summed E-state index contributed by atoms with van der Waals surface area (Å²) in [6, 6.07) is 1.76. The Kier molecular flexibility index (Phi) is 2.21. The van der Waals surface area contributed by atoms with Crippen molar-refractivity contribution in [1.29, 1.82) is 0 Å². The van der Waals surface area contributed by atoms with Crippen LogP contribution in [-0.2, 0) is 13.1 Å². The second-order valence-electron chi connectivity index (χ2n) is 3.56. The van der Waals surface area contributed by atoms with Gasteiger partial charge in [-0.25, -0.2) is 9.97 Å². The molecule has 1 aliphatic rings. The van der Waals surface area contributed by atoms with E-state index in [0.717, 1.165) is 24.7 Å². The van der Waals surface area contributed by atoms with Crippen molar-refractivity contribution >= 4 is 17.4 Å². The number of anilines is 1. The van der Waals surface area contributed by atoms with E-state index in [-0.39, 0.29) is 0 Å². The van der Waals surface area contributed by atoms with Crippen LogP contribution in [0.2, 0.25) is 5.15 Å². The van der Waals surface area contributed by atoms with Crippen molar-refractivity contribution in [3.05, 3.63) is 29.7 Å². The van der Waals surface area contributed by atoms with E-state index in [2.05, 4.69) is 25.1 Å². The van der Waals surface area contributed by atoms with Gasteiger partial charge in [0.25, 0.3) is 0 Å². The third-order valence-electron chi connectivity index (χ3n) is 2.58. The zero-order valence-corrected chi connectivity index (χ0v) is 9.17. The summed E-state index contributed by atoms with van der Waals surface area (Å²) < 4.78 is 2.04. The van der Waals surface area contributed by atoms with Gasteiger partial charge < -0.3 is 9.47 Å². The SMILES string of the molecule is Clc1cc(N2CCn3cnnc3C2)ncn1. The van der Waals surface area contributed by atoms with Gasteiger partial charge in [-0.05, 0) is 0 Å². The van der Waals surface area contributed by atoms with E-state index in [1.807, 2.05) is 4.57 Å². The van der Waals surface area contributed by atoms with Gasteiger partial charge in [-0.15, -0.1) is 10.2 Å². The predicted molar refractivity (Wildman–Crippen MR) is 58.1 cm³/mol. The first-order chi connectivity index (χ1) is 7.83. The Morgan fingerprint density at radius 3 is 3.06 bits per heavy atom. The molecule has 0 aliphatic carbocycles. The van der Waals surface area contributed by atoms with Crippen molar-refractivity contribution in [3.8, 4) is 0 Å². The molecule has 2 aromatic rings. The largest absolute Gasteiger partial charge is 0.347 e. The van der Waals surface area contributed by atoms with E-state index in [1.165, 1.54) is 6.33 Å². The minimum Gasteiger partial charge on any atom is -0.347 e. The summed E-state index contributed by atoms with van der Waals surface area (Å²) >= 11 is 5.83. The predicted octanol–water partition coefficient (Wildman–Crippen LogP) is 0.742. The molecule has 0 fully saturated rings. The number of halogens is 1. The van der Waals surface area contributed by atoms with Crippen LogP contribution in [0.3, 0.4) is 0 Å². The first-order valence-corrected chi connectivity index (χ1v) is 5.30. The molecule has 0 unspecified atom stereocenters. The molecular formula is C9H9ClN6. The van der Waals surface area contributed by atoms with Gasteiger partial charge in [0, 0.05) is 19.2 Å². The Bertz CT molecular complexity index is 510. The monoisotopic (exact) mass is 236 g/mol. The molecule has 7 heteroatoms. The van der Waals surface area contributed by atoms with Gasteiger partial charge >= 0.3 is 0 Å². The number of hydrogen-bond acceptors (Lipinski definition) is 5. The maximum Gasteiger partial charge on any atom is 0.152 e. The average Bonchev–Trinajstić information content (AvgIpc) is 2.75. The summed E-state index contributed by atoms with van der Waals surface area (Å²) in [4.78, 5) is 10.2. The highest BCUT2D eigenvalue weighted by Crippen LogP contribution is 2.18.